The number of halogens is 4. The molecule has 1 aliphatic rings. The quantitative estimate of drug-likeness (QED) is 0.400. The molecule has 1 unspecified atom stereocenters. The molecular weight excluding hydrogens is 486 g/mol. The van der Waals surface area contributed by atoms with E-state index in [1.165, 1.54) is 24.2 Å². The van der Waals surface area contributed by atoms with Crippen molar-refractivity contribution in [3.05, 3.63) is 106 Å². The van der Waals surface area contributed by atoms with E-state index < -0.39 is 35.4 Å². The Morgan fingerprint density at radius 2 is 1.62 bits per heavy atom. The summed E-state index contributed by atoms with van der Waals surface area (Å²) in [6.45, 7) is 3.63. The van der Waals surface area contributed by atoms with E-state index in [2.05, 4.69) is 5.10 Å². The number of likely N-dealkylation sites (N-methyl/N-ethyl adjacent to an activating group) is 1. The van der Waals surface area contributed by atoms with E-state index in [4.69, 9.17) is 0 Å². The fraction of sp³-hybridized carbons (Fsp3) is 0.250. The van der Waals surface area contributed by atoms with Gasteiger partial charge in [0.2, 0.25) is 0 Å². The Labute approximate surface area is 212 Å². The molecule has 0 aromatic heterocycles. The van der Waals surface area contributed by atoms with E-state index in [9.17, 15) is 27.2 Å². The Hall–Kier alpha value is -4.01. The zero-order valence-electron chi connectivity index (χ0n) is 20.5. The molecule has 9 heteroatoms. The van der Waals surface area contributed by atoms with Crippen molar-refractivity contribution in [2.45, 2.75) is 32.5 Å². The highest BCUT2D eigenvalue weighted by atomic mass is 19.4. The molecule has 0 saturated heterocycles. The molecule has 37 heavy (non-hydrogen) atoms. The molecule has 3 aromatic carbocycles. The summed E-state index contributed by atoms with van der Waals surface area (Å²) < 4.78 is 52.1. The molecule has 0 bridgehead atoms. The van der Waals surface area contributed by atoms with Gasteiger partial charge < -0.3 is 4.90 Å². The molecular formula is C28H25F4N3O2. The second kappa shape index (κ2) is 10.2. The van der Waals surface area contributed by atoms with Gasteiger partial charge in [-0.3, -0.25) is 9.59 Å². The van der Waals surface area contributed by atoms with Gasteiger partial charge in [-0.05, 0) is 78.6 Å². The number of amides is 2. The maximum absolute atomic E-state index is 13.5. The zero-order chi connectivity index (χ0) is 26.9. The van der Waals surface area contributed by atoms with Crippen molar-refractivity contribution in [2.75, 3.05) is 13.6 Å². The lowest BCUT2D eigenvalue weighted by atomic mass is 9.96. The van der Waals surface area contributed by atoms with Crippen LogP contribution in [0.2, 0.25) is 0 Å². The van der Waals surface area contributed by atoms with Crippen LogP contribution in [0.25, 0.3) is 0 Å². The summed E-state index contributed by atoms with van der Waals surface area (Å²) in [5.41, 5.74) is 3.59. The lowest BCUT2D eigenvalue weighted by Crippen LogP contribution is -2.39. The van der Waals surface area contributed by atoms with Gasteiger partial charge in [0.25, 0.3) is 11.8 Å². The average molecular weight is 512 g/mol. The number of aryl methyl sites for hydroxylation is 2. The zero-order valence-corrected chi connectivity index (χ0v) is 20.5. The number of hydrogen-bond donors (Lipinski definition) is 0. The Kier molecular flexibility index (Phi) is 7.16. The van der Waals surface area contributed by atoms with Gasteiger partial charge in [0, 0.05) is 19.0 Å². The molecule has 1 atom stereocenters. The van der Waals surface area contributed by atoms with Gasteiger partial charge in [0.1, 0.15) is 12.4 Å². The van der Waals surface area contributed by atoms with Crippen LogP contribution in [0.5, 0.6) is 0 Å². The molecule has 3 aromatic rings. The number of benzene rings is 3. The van der Waals surface area contributed by atoms with Crippen LogP contribution in [-0.4, -0.2) is 41.0 Å². The first-order valence-corrected chi connectivity index (χ1v) is 11.6. The standard InChI is InChI=1S/C28H25F4N3O2/c1-17-4-5-21(14-18(17)2)24-15-25(19-8-12-23(29)13-9-19)35(33-24)26(36)16-34(3)27(37)20-6-10-22(11-7-20)28(30,31)32/h4-14,25H,15-16H2,1-3H3. The van der Waals surface area contributed by atoms with E-state index in [-0.39, 0.29) is 12.1 Å². The smallest absolute Gasteiger partial charge is 0.332 e. The van der Waals surface area contributed by atoms with Gasteiger partial charge in [0.05, 0.1) is 17.3 Å². The van der Waals surface area contributed by atoms with Crippen molar-refractivity contribution in [1.29, 1.82) is 0 Å². The molecule has 0 N–H and O–H groups in total. The molecule has 2 amide bonds. The first kappa shape index (κ1) is 26.1. The molecule has 192 valence electrons. The molecule has 5 nitrogen and oxygen atoms in total. The molecule has 0 saturated carbocycles. The van der Waals surface area contributed by atoms with Gasteiger partial charge in [-0.2, -0.15) is 18.3 Å². The van der Waals surface area contributed by atoms with Gasteiger partial charge in [-0.1, -0.05) is 24.3 Å². The van der Waals surface area contributed by atoms with Crippen molar-refractivity contribution < 1.29 is 27.2 Å². The van der Waals surface area contributed by atoms with Crippen molar-refractivity contribution in [2.24, 2.45) is 5.10 Å². The third-order valence-corrected chi connectivity index (χ3v) is 6.44. The average Bonchev–Trinajstić information content (AvgIpc) is 3.31. The van der Waals surface area contributed by atoms with Crippen molar-refractivity contribution >= 4 is 17.5 Å². The minimum atomic E-state index is -4.51. The number of hydrazone groups is 1. The monoisotopic (exact) mass is 511 g/mol. The fourth-order valence-electron chi connectivity index (χ4n) is 4.15. The topological polar surface area (TPSA) is 53.0 Å². The van der Waals surface area contributed by atoms with E-state index in [0.717, 1.165) is 45.9 Å². The van der Waals surface area contributed by atoms with Crippen LogP contribution in [0, 0.1) is 19.7 Å². The second-order valence-electron chi connectivity index (χ2n) is 9.09. The largest absolute Gasteiger partial charge is 0.416 e. The second-order valence-corrected chi connectivity index (χ2v) is 9.09. The maximum Gasteiger partial charge on any atom is 0.416 e. The van der Waals surface area contributed by atoms with Gasteiger partial charge in [0.15, 0.2) is 0 Å². The molecule has 0 fully saturated rings. The Morgan fingerprint density at radius 3 is 2.22 bits per heavy atom. The minimum absolute atomic E-state index is 0.0270. The van der Waals surface area contributed by atoms with E-state index >= 15 is 0 Å². The van der Waals surface area contributed by atoms with Crippen LogP contribution in [0.4, 0.5) is 17.6 Å². The predicted molar refractivity (Wildman–Crippen MR) is 131 cm³/mol. The summed E-state index contributed by atoms with van der Waals surface area (Å²) >= 11 is 0. The van der Waals surface area contributed by atoms with Gasteiger partial charge >= 0.3 is 6.18 Å². The van der Waals surface area contributed by atoms with Crippen molar-refractivity contribution in [1.82, 2.24) is 9.91 Å². The summed E-state index contributed by atoms with van der Waals surface area (Å²) in [5.74, 6) is -1.48. The molecule has 0 spiro atoms. The summed E-state index contributed by atoms with van der Waals surface area (Å²) in [4.78, 5) is 27.3. The summed E-state index contributed by atoms with van der Waals surface area (Å²) in [6, 6.07) is 15.0. The normalized spacial score (nSPS) is 15.5. The number of rotatable bonds is 5. The highest BCUT2D eigenvalue weighted by Gasteiger charge is 2.34. The van der Waals surface area contributed by atoms with Crippen LogP contribution in [0.1, 0.15) is 50.6 Å². The number of alkyl halides is 3. The molecule has 4 rings (SSSR count). The SMILES string of the molecule is Cc1ccc(C2=NN(C(=O)CN(C)C(=O)c3ccc(C(F)(F)F)cc3)C(c3ccc(F)cc3)C2)cc1C. The number of nitrogens with zero attached hydrogens (tertiary/aromatic N) is 3. The molecule has 1 aliphatic heterocycles. The van der Waals surface area contributed by atoms with Crippen LogP contribution >= 0.6 is 0 Å². The summed E-state index contributed by atoms with van der Waals surface area (Å²) in [6.07, 6.45) is -4.11. The molecule has 0 radical (unpaired) electrons. The minimum Gasteiger partial charge on any atom is -0.332 e. The molecule has 0 aliphatic carbocycles. The van der Waals surface area contributed by atoms with E-state index in [1.807, 2.05) is 32.0 Å². The number of carbonyl (C=O) groups excluding carboxylic acids is 2. The first-order chi connectivity index (χ1) is 17.4. The van der Waals surface area contributed by atoms with Crippen LogP contribution in [0.15, 0.2) is 71.8 Å². The molecule has 1 heterocycles. The summed E-state index contributed by atoms with van der Waals surface area (Å²) in [5, 5.41) is 5.88. The van der Waals surface area contributed by atoms with E-state index in [1.54, 1.807) is 12.1 Å². The third-order valence-electron chi connectivity index (χ3n) is 6.44. The fourth-order valence-corrected chi connectivity index (χ4v) is 4.15. The maximum atomic E-state index is 13.5. The van der Waals surface area contributed by atoms with Gasteiger partial charge in [-0.25, -0.2) is 9.40 Å². The lowest BCUT2D eigenvalue weighted by Gasteiger charge is -2.25. The van der Waals surface area contributed by atoms with Crippen molar-refractivity contribution in [3.63, 3.8) is 0 Å². The highest BCUT2D eigenvalue weighted by molar-refractivity contribution is 6.04. The van der Waals surface area contributed by atoms with Crippen LogP contribution < -0.4 is 0 Å². The van der Waals surface area contributed by atoms with E-state index in [0.29, 0.717) is 17.7 Å². The Balaban J connectivity index is 1.57. The van der Waals surface area contributed by atoms with Crippen LogP contribution in [0.3, 0.4) is 0 Å². The lowest BCUT2D eigenvalue weighted by molar-refractivity contribution is -0.137. The van der Waals surface area contributed by atoms with Crippen LogP contribution in [-0.2, 0) is 11.0 Å². The number of hydrogen-bond acceptors (Lipinski definition) is 3. The summed E-state index contributed by atoms with van der Waals surface area (Å²) in [7, 11) is 1.40. The first-order valence-electron chi connectivity index (χ1n) is 11.6. The highest BCUT2D eigenvalue weighted by Crippen LogP contribution is 2.34. The predicted octanol–water partition coefficient (Wildman–Crippen LogP) is 5.91. The number of carbonyl (C=O) groups is 2. The van der Waals surface area contributed by atoms with Crippen molar-refractivity contribution in [3.8, 4) is 0 Å². The Morgan fingerprint density at radius 1 is 0.973 bits per heavy atom. The third kappa shape index (κ3) is 5.71. The Bertz CT molecular complexity index is 1350. The van der Waals surface area contributed by atoms with Gasteiger partial charge in [-0.15, -0.1) is 0 Å².